The SMILES string of the molecule is CN(C)/C=C(\c1cccs1)c1ncc(C(F)(F)F)cc1Cl. The van der Waals surface area contributed by atoms with Gasteiger partial charge in [-0.15, -0.1) is 11.3 Å². The molecule has 0 aliphatic heterocycles. The highest BCUT2D eigenvalue weighted by Gasteiger charge is 2.32. The molecule has 2 heterocycles. The van der Waals surface area contributed by atoms with Crippen LogP contribution in [0.1, 0.15) is 16.1 Å². The lowest BCUT2D eigenvalue weighted by Crippen LogP contribution is -2.08. The molecule has 0 radical (unpaired) electrons. The first-order chi connectivity index (χ1) is 9.79. The molecule has 0 fully saturated rings. The average Bonchev–Trinajstić information content (AvgIpc) is 2.88. The lowest BCUT2D eigenvalue weighted by atomic mass is 10.1. The largest absolute Gasteiger partial charge is 0.417 e. The fourth-order valence-corrected chi connectivity index (χ4v) is 2.73. The van der Waals surface area contributed by atoms with E-state index in [1.54, 1.807) is 11.1 Å². The molecule has 2 rings (SSSR count). The van der Waals surface area contributed by atoms with Crippen LogP contribution in [0.3, 0.4) is 0 Å². The summed E-state index contributed by atoms with van der Waals surface area (Å²) in [5.41, 5.74) is 0.168. The second-order valence-corrected chi connectivity index (χ2v) is 5.89. The van der Waals surface area contributed by atoms with Gasteiger partial charge in [0.1, 0.15) is 0 Å². The number of pyridine rings is 1. The van der Waals surface area contributed by atoms with Crippen LogP contribution < -0.4 is 0 Å². The van der Waals surface area contributed by atoms with E-state index in [2.05, 4.69) is 4.98 Å². The fraction of sp³-hybridized carbons (Fsp3) is 0.214. The van der Waals surface area contributed by atoms with Gasteiger partial charge in [0.25, 0.3) is 0 Å². The number of hydrogen-bond donors (Lipinski definition) is 0. The normalized spacial score (nSPS) is 12.6. The van der Waals surface area contributed by atoms with Crippen LogP contribution in [-0.2, 0) is 6.18 Å². The van der Waals surface area contributed by atoms with Crippen molar-refractivity contribution in [1.82, 2.24) is 9.88 Å². The Morgan fingerprint density at radius 1 is 1.38 bits per heavy atom. The van der Waals surface area contributed by atoms with Crippen LogP contribution in [0.25, 0.3) is 5.57 Å². The van der Waals surface area contributed by atoms with E-state index in [1.807, 2.05) is 31.6 Å². The zero-order valence-electron chi connectivity index (χ0n) is 11.3. The number of rotatable bonds is 3. The number of aromatic nitrogens is 1. The highest BCUT2D eigenvalue weighted by atomic mass is 35.5. The maximum absolute atomic E-state index is 12.7. The summed E-state index contributed by atoms with van der Waals surface area (Å²) in [4.78, 5) is 6.60. The molecule has 21 heavy (non-hydrogen) atoms. The van der Waals surface area contributed by atoms with Crippen LogP contribution in [-0.4, -0.2) is 24.0 Å². The van der Waals surface area contributed by atoms with Crippen LogP contribution in [0.4, 0.5) is 13.2 Å². The zero-order valence-corrected chi connectivity index (χ0v) is 12.9. The number of nitrogens with zero attached hydrogens (tertiary/aromatic N) is 2. The molecule has 112 valence electrons. The Morgan fingerprint density at radius 2 is 2.10 bits per heavy atom. The molecule has 0 atom stereocenters. The van der Waals surface area contributed by atoms with Gasteiger partial charge in [-0.3, -0.25) is 4.98 Å². The van der Waals surface area contributed by atoms with Gasteiger partial charge in [0.15, 0.2) is 0 Å². The molecule has 0 amide bonds. The summed E-state index contributed by atoms with van der Waals surface area (Å²) in [6, 6.07) is 4.64. The summed E-state index contributed by atoms with van der Waals surface area (Å²) >= 11 is 7.48. The van der Waals surface area contributed by atoms with E-state index in [4.69, 9.17) is 11.6 Å². The van der Waals surface area contributed by atoms with Crippen molar-refractivity contribution in [3.8, 4) is 0 Å². The van der Waals surface area contributed by atoms with Gasteiger partial charge in [0.2, 0.25) is 0 Å². The highest BCUT2D eigenvalue weighted by molar-refractivity contribution is 7.11. The summed E-state index contributed by atoms with van der Waals surface area (Å²) in [6.45, 7) is 0. The third kappa shape index (κ3) is 3.77. The summed E-state index contributed by atoms with van der Waals surface area (Å²) < 4.78 is 38.0. The van der Waals surface area contributed by atoms with E-state index in [0.29, 0.717) is 11.3 Å². The van der Waals surface area contributed by atoms with Crippen LogP contribution >= 0.6 is 22.9 Å². The maximum Gasteiger partial charge on any atom is 0.417 e. The van der Waals surface area contributed by atoms with Crippen molar-refractivity contribution in [2.24, 2.45) is 0 Å². The smallest absolute Gasteiger partial charge is 0.383 e. The quantitative estimate of drug-likeness (QED) is 0.805. The van der Waals surface area contributed by atoms with E-state index in [-0.39, 0.29) is 5.02 Å². The molecule has 0 spiro atoms. The van der Waals surface area contributed by atoms with Crippen molar-refractivity contribution < 1.29 is 13.2 Å². The molecule has 0 N–H and O–H groups in total. The van der Waals surface area contributed by atoms with E-state index < -0.39 is 11.7 Å². The van der Waals surface area contributed by atoms with Gasteiger partial charge in [-0.2, -0.15) is 13.2 Å². The second kappa shape index (κ2) is 6.07. The van der Waals surface area contributed by atoms with Crippen LogP contribution in [0, 0.1) is 0 Å². The summed E-state index contributed by atoms with van der Waals surface area (Å²) in [6.07, 6.45) is -1.87. The molecule has 0 aliphatic carbocycles. The predicted octanol–water partition coefficient (Wildman–Crippen LogP) is 4.77. The molecular weight excluding hydrogens is 321 g/mol. The Balaban J connectivity index is 2.52. The van der Waals surface area contributed by atoms with Gasteiger partial charge < -0.3 is 4.90 Å². The first kappa shape index (κ1) is 15.9. The van der Waals surface area contributed by atoms with Crippen LogP contribution in [0.15, 0.2) is 36.0 Å². The molecule has 7 heteroatoms. The third-order valence-corrected chi connectivity index (χ3v) is 3.79. The molecular formula is C14H12ClF3N2S. The first-order valence-corrected chi connectivity index (χ1v) is 7.20. The van der Waals surface area contributed by atoms with E-state index in [9.17, 15) is 13.2 Å². The fourth-order valence-electron chi connectivity index (χ4n) is 1.72. The molecule has 2 aromatic heterocycles. The van der Waals surface area contributed by atoms with Crippen LogP contribution in [0.2, 0.25) is 5.02 Å². The molecule has 0 saturated carbocycles. The van der Waals surface area contributed by atoms with Crippen LogP contribution in [0.5, 0.6) is 0 Å². The second-order valence-electron chi connectivity index (χ2n) is 4.54. The summed E-state index contributed by atoms with van der Waals surface area (Å²) in [5, 5.41) is 1.86. The van der Waals surface area contributed by atoms with Crippen molar-refractivity contribution in [2.45, 2.75) is 6.18 Å². The Bertz CT molecular complexity index is 649. The van der Waals surface area contributed by atoms with E-state index in [1.165, 1.54) is 11.3 Å². The van der Waals surface area contributed by atoms with Crippen molar-refractivity contribution in [3.05, 3.63) is 57.1 Å². The van der Waals surface area contributed by atoms with Crippen molar-refractivity contribution in [1.29, 1.82) is 0 Å². The van der Waals surface area contributed by atoms with Gasteiger partial charge in [-0.25, -0.2) is 0 Å². The maximum atomic E-state index is 12.7. The molecule has 0 bridgehead atoms. The van der Waals surface area contributed by atoms with Gasteiger partial charge in [-0.1, -0.05) is 17.7 Å². The predicted molar refractivity (Wildman–Crippen MR) is 79.3 cm³/mol. The zero-order chi connectivity index (χ0) is 15.6. The van der Waals surface area contributed by atoms with Gasteiger partial charge in [0.05, 0.1) is 16.3 Å². The van der Waals surface area contributed by atoms with Gasteiger partial charge in [0, 0.05) is 36.9 Å². The molecule has 0 saturated heterocycles. The molecule has 2 aromatic rings. The lowest BCUT2D eigenvalue weighted by Gasteiger charge is -2.13. The minimum absolute atomic E-state index is 0.0219. The Morgan fingerprint density at radius 3 is 2.57 bits per heavy atom. The highest BCUT2D eigenvalue weighted by Crippen LogP contribution is 2.35. The van der Waals surface area contributed by atoms with Crippen molar-refractivity contribution in [3.63, 3.8) is 0 Å². The number of halogens is 4. The Hall–Kier alpha value is -1.53. The topological polar surface area (TPSA) is 16.1 Å². The summed E-state index contributed by atoms with van der Waals surface area (Å²) in [7, 11) is 3.65. The number of alkyl halides is 3. The van der Waals surface area contributed by atoms with Crippen molar-refractivity contribution >= 4 is 28.5 Å². The Labute approximate surface area is 129 Å². The minimum atomic E-state index is -4.45. The molecule has 2 nitrogen and oxygen atoms in total. The standard InChI is InChI=1S/C14H12ClF3N2S/c1-20(2)8-10(12-4-3-5-21-12)13-11(15)6-9(7-19-13)14(16,17)18/h3-8H,1-2H3/b10-8+. The first-order valence-electron chi connectivity index (χ1n) is 5.94. The summed E-state index contributed by atoms with van der Waals surface area (Å²) in [5.74, 6) is 0. The molecule has 0 aromatic carbocycles. The van der Waals surface area contributed by atoms with Gasteiger partial charge >= 0.3 is 6.18 Å². The molecule has 0 unspecified atom stereocenters. The molecule has 0 aliphatic rings. The monoisotopic (exact) mass is 332 g/mol. The minimum Gasteiger partial charge on any atom is -0.383 e. The van der Waals surface area contributed by atoms with E-state index >= 15 is 0 Å². The Kier molecular flexibility index (Phi) is 4.58. The van der Waals surface area contributed by atoms with Crippen molar-refractivity contribution in [2.75, 3.05) is 14.1 Å². The average molecular weight is 333 g/mol. The lowest BCUT2D eigenvalue weighted by molar-refractivity contribution is -0.137. The number of hydrogen-bond acceptors (Lipinski definition) is 3. The number of thiophene rings is 1. The van der Waals surface area contributed by atoms with Gasteiger partial charge in [-0.05, 0) is 17.5 Å². The third-order valence-electron chi connectivity index (χ3n) is 2.60. The van der Waals surface area contributed by atoms with E-state index in [0.717, 1.165) is 17.1 Å².